The molecule has 0 aromatic heterocycles. The van der Waals surface area contributed by atoms with E-state index in [-0.39, 0.29) is 10.9 Å². The van der Waals surface area contributed by atoms with E-state index in [0.717, 1.165) is 36.3 Å². The fourth-order valence-electron chi connectivity index (χ4n) is 4.02. The van der Waals surface area contributed by atoms with E-state index in [9.17, 15) is 8.42 Å². The van der Waals surface area contributed by atoms with Crippen molar-refractivity contribution in [1.29, 1.82) is 0 Å². The summed E-state index contributed by atoms with van der Waals surface area (Å²) in [5, 5.41) is 7.25. The molecule has 1 aliphatic heterocycles. The summed E-state index contributed by atoms with van der Waals surface area (Å²) in [6.45, 7) is 1.95. The number of halogens is 1. The summed E-state index contributed by atoms with van der Waals surface area (Å²) in [4.78, 5) is 2.67. The Kier molecular flexibility index (Phi) is 7.35. The van der Waals surface area contributed by atoms with Crippen LogP contribution < -0.4 is 10.6 Å². The minimum atomic E-state index is -2.75. The molecule has 0 amide bonds. The van der Waals surface area contributed by atoms with Gasteiger partial charge in [-0.1, -0.05) is 35.9 Å². The monoisotopic (exact) mass is 421 g/mol. The van der Waals surface area contributed by atoms with Crippen molar-refractivity contribution in [1.82, 2.24) is 10.2 Å². The fraction of sp³-hybridized carbons (Fsp3) is 0.429. The number of hydrogen-bond donors (Lipinski definition) is 3. The maximum absolute atomic E-state index is 11.9. The maximum atomic E-state index is 11.9. The largest absolute Gasteiger partial charge is 0.388 e. The summed E-state index contributed by atoms with van der Waals surface area (Å²) < 4.78 is 23.8. The molecule has 1 heterocycles. The topological polar surface area (TPSA) is 61.4 Å². The van der Waals surface area contributed by atoms with Crippen LogP contribution in [0.5, 0.6) is 0 Å². The van der Waals surface area contributed by atoms with Gasteiger partial charge in [0.1, 0.15) is 0 Å². The first kappa shape index (κ1) is 21.1. The number of nitrogens with zero attached hydrogens (tertiary/aromatic N) is 1. The summed E-state index contributed by atoms with van der Waals surface area (Å²) in [7, 11) is 1.29. The van der Waals surface area contributed by atoms with Crippen LogP contribution >= 0.6 is 11.6 Å². The van der Waals surface area contributed by atoms with Gasteiger partial charge in [-0.25, -0.2) is 8.42 Å². The summed E-state index contributed by atoms with van der Waals surface area (Å²) in [5.41, 5.74) is 2.72. The standard InChI is InChI=1S/C21H28ClN3O2S/c1-23-19-8-4-3-7-17(19)21(24-12-11-16-6-5-13-25(16)2)18-10-9-15(22)14-20(18)28(26)27/h3-4,7-10,14,16,21,23-24,28H,5-6,11-13H2,1-2H3. The number of likely N-dealkylation sites (tertiary alicyclic amines) is 1. The Morgan fingerprint density at radius 1 is 1.21 bits per heavy atom. The van der Waals surface area contributed by atoms with Crippen molar-refractivity contribution in [2.75, 3.05) is 32.5 Å². The molecule has 0 saturated carbocycles. The molecule has 3 rings (SSSR count). The van der Waals surface area contributed by atoms with Crippen LogP contribution in [0.3, 0.4) is 0 Å². The SMILES string of the molecule is CNc1ccccc1C(NCCC1CCCN1C)c1ccc(Cl)cc1[SH](=O)=O. The second-order valence-corrected chi connectivity index (χ2v) is 8.68. The van der Waals surface area contributed by atoms with Crippen molar-refractivity contribution in [3.05, 3.63) is 58.6 Å². The van der Waals surface area contributed by atoms with Crippen LogP contribution in [0.25, 0.3) is 0 Å². The predicted octanol–water partition coefficient (Wildman–Crippen LogP) is 3.52. The van der Waals surface area contributed by atoms with E-state index in [1.807, 2.05) is 37.4 Å². The van der Waals surface area contributed by atoms with Gasteiger partial charge in [0.2, 0.25) is 0 Å². The minimum absolute atomic E-state index is 0.240. The molecule has 5 nitrogen and oxygen atoms in total. The van der Waals surface area contributed by atoms with Crippen LogP contribution in [0.1, 0.15) is 36.4 Å². The first-order valence-electron chi connectivity index (χ1n) is 9.65. The quantitative estimate of drug-likeness (QED) is 0.569. The average Bonchev–Trinajstić information content (AvgIpc) is 3.10. The molecule has 2 aromatic carbocycles. The van der Waals surface area contributed by atoms with Crippen molar-refractivity contribution in [3.63, 3.8) is 0 Å². The number of rotatable bonds is 8. The Morgan fingerprint density at radius 3 is 2.68 bits per heavy atom. The molecule has 1 fully saturated rings. The normalized spacial score (nSPS) is 18.5. The highest BCUT2D eigenvalue weighted by Crippen LogP contribution is 2.32. The second-order valence-electron chi connectivity index (χ2n) is 7.25. The van der Waals surface area contributed by atoms with Gasteiger partial charge >= 0.3 is 0 Å². The summed E-state index contributed by atoms with van der Waals surface area (Å²) in [6, 6.07) is 13.4. The van der Waals surface area contributed by atoms with E-state index in [0.29, 0.717) is 11.1 Å². The highest BCUT2D eigenvalue weighted by molar-refractivity contribution is 7.72. The lowest BCUT2D eigenvalue weighted by atomic mass is 9.96. The zero-order chi connectivity index (χ0) is 20.1. The molecule has 1 aliphatic rings. The summed E-state index contributed by atoms with van der Waals surface area (Å²) in [6.07, 6.45) is 3.49. The van der Waals surface area contributed by atoms with Gasteiger partial charge in [-0.2, -0.15) is 0 Å². The Morgan fingerprint density at radius 2 is 2.00 bits per heavy atom. The number of hydrogen-bond acceptors (Lipinski definition) is 5. The Balaban J connectivity index is 1.93. The molecule has 2 aromatic rings. The van der Waals surface area contributed by atoms with Crippen molar-refractivity contribution in [3.8, 4) is 0 Å². The number of thiol groups is 1. The molecular formula is C21H28ClN3O2S. The van der Waals surface area contributed by atoms with Crippen molar-refractivity contribution >= 4 is 28.0 Å². The molecule has 1 saturated heterocycles. The first-order valence-corrected chi connectivity index (χ1v) is 11.2. The van der Waals surface area contributed by atoms with Crippen LogP contribution in [-0.2, 0) is 10.7 Å². The molecule has 152 valence electrons. The molecule has 2 unspecified atom stereocenters. The zero-order valence-electron chi connectivity index (χ0n) is 16.3. The minimum Gasteiger partial charge on any atom is -0.388 e. The van der Waals surface area contributed by atoms with Gasteiger partial charge in [-0.15, -0.1) is 0 Å². The van der Waals surface area contributed by atoms with Crippen LogP contribution in [0, 0.1) is 0 Å². The third-order valence-electron chi connectivity index (χ3n) is 5.54. The van der Waals surface area contributed by atoms with Crippen LogP contribution in [0.4, 0.5) is 5.69 Å². The highest BCUT2D eigenvalue weighted by Gasteiger charge is 2.24. The molecule has 28 heavy (non-hydrogen) atoms. The van der Waals surface area contributed by atoms with Gasteiger partial charge in [0.25, 0.3) is 0 Å². The van der Waals surface area contributed by atoms with Gasteiger partial charge in [-0.3, -0.25) is 0 Å². The lowest BCUT2D eigenvalue weighted by Crippen LogP contribution is -2.31. The molecule has 2 N–H and O–H groups in total. The fourth-order valence-corrected chi connectivity index (χ4v) is 4.93. The van der Waals surface area contributed by atoms with Gasteiger partial charge in [0, 0.05) is 23.8 Å². The van der Waals surface area contributed by atoms with E-state index in [1.165, 1.54) is 18.9 Å². The third-order valence-corrected chi connectivity index (χ3v) is 6.55. The number of benzene rings is 2. The van der Waals surface area contributed by atoms with E-state index < -0.39 is 10.7 Å². The van der Waals surface area contributed by atoms with Gasteiger partial charge < -0.3 is 15.5 Å². The van der Waals surface area contributed by atoms with Crippen LogP contribution in [0.15, 0.2) is 47.4 Å². The molecule has 0 bridgehead atoms. The summed E-state index contributed by atoms with van der Waals surface area (Å²) in [5.74, 6) is 0. The molecule has 0 spiro atoms. The Hall–Kier alpha value is -1.60. The van der Waals surface area contributed by atoms with Gasteiger partial charge in [0.05, 0.1) is 10.9 Å². The number of para-hydroxylation sites is 1. The lowest BCUT2D eigenvalue weighted by Gasteiger charge is -2.25. The average molecular weight is 422 g/mol. The molecule has 2 atom stereocenters. The van der Waals surface area contributed by atoms with E-state index in [2.05, 4.69) is 22.6 Å². The van der Waals surface area contributed by atoms with E-state index in [1.54, 1.807) is 6.07 Å². The molecule has 0 aliphatic carbocycles. The summed E-state index contributed by atoms with van der Waals surface area (Å²) >= 11 is 6.07. The van der Waals surface area contributed by atoms with Crippen LogP contribution in [0.2, 0.25) is 5.02 Å². The second kappa shape index (κ2) is 9.74. The van der Waals surface area contributed by atoms with Gasteiger partial charge in [-0.05, 0) is 68.7 Å². The zero-order valence-corrected chi connectivity index (χ0v) is 18.0. The number of anilines is 1. The Labute approximate surface area is 174 Å². The third kappa shape index (κ3) is 4.87. The maximum Gasteiger partial charge on any atom is 0.168 e. The van der Waals surface area contributed by atoms with E-state index >= 15 is 0 Å². The van der Waals surface area contributed by atoms with Crippen molar-refractivity contribution in [2.45, 2.75) is 36.2 Å². The Bertz CT molecular complexity index is 880. The molecule has 7 heteroatoms. The molecular weight excluding hydrogens is 394 g/mol. The lowest BCUT2D eigenvalue weighted by molar-refractivity contribution is 0.291. The smallest absolute Gasteiger partial charge is 0.168 e. The van der Waals surface area contributed by atoms with Crippen LogP contribution in [-0.4, -0.2) is 46.5 Å². The van der Waals surface area contributed by atoms with Gasteiger partial charge in [0.15, 0.2) is 10.7 Å². The molecule has 0 radical (unpaired) electrons. The predicted molar refractivity (Wildman–Crippen MR) is 116 cm³/mol. The van der Waals surface area contributed by atoms with Crippen molar-refractivity contribution in [2.24, 2.45) is 0 Å². The highest BCUT2D eigenvalue weighted by atomic mass is 35.5. The van der Waals surface area contributed by atoms with E-state index in [4.69, 9.17) is 11.6 Å². The number of nitrogens with one attached hydrogen (secondary N) is 2. The van der Waals surface area contributed by atoms with Crippen molar-refractivity contribution < 1.29 is 8.42 Å². The first-order chi connectivity index (χ1) is 13.5.